The molecule has 6 heteroatoms. The molecule has 0 aliphatic carbocycles. The van der Waals surface area contributed by atoms with Crippen molar-refractivity contribution in [3.63, 3.8) is 0 Å². The molecule has 6 nitrogen and oxygen atoms in total. The predicted octanol–water partition coefficient (Wildman–Crippen LogP) is 2.85. The molecule has 1 atom stereocenters. The van der Waals surface area contributed by atoms with Crippen LogP contribution >= 0.6 is 0 Å². The Morgan fingerprint density at radius 2 is 1.95 bits per heavy atom. The van der Waals surface area contributed by atoms with Crippen molar-refractivity contribution in [3.05, 3.63) is 77.6 Å². The van der Waals surface area contributed by atoms with Crippen LogP contribution in [-0.4, -0.2) is 21.2 Å². The molecule has 1 N–H and O–H groups in total. The zero-order chi connectivity index (χ0) is 15.5. The topological polar surface area (TPSA) is 71.9 Å². The van der Waals surface area contributed by atoms with Gasteiger partial charge in [0.15, 0.2) is 0 Å². The predicted molar refractivity (Wildman–Crippen MR) is 76.2 cm³/mol. The maximum Gasteiger partial charge on any atom is 0.364 e. The van der Waals surface area contributed by atoms with Gasteiger partial charge in [-0.3, -0.25) is 5.21 Å². The lowest BCUT2D eigenvalue weighted by atomic mass is 10.2. The van der Waals surface area contributed by atoms with Gasteiger partial charge in [-0.2, -0.15) is 0 Å². The van der Waals surface area contributed by atoms with Crippen LogP contribution in [-0.2, 0) is 9.47 Å². The van der Waals surface area contributed by atoms with Crippen LogP contribution < -0.4 is 0 Å². The van der Waals surface area contributed by atoms with Gasteiger partial charge in [-0.25, -0.2) is 14.8 Å². The Labute approximate surface area is 127 Å². The van der Waals surface area contributed by atoms with Gasteiger partial charge in [0.2, 0.25) is 6.23 Å². The third-order valence-electron chi connectivity index (χ3n) is 3.22. The van der Waals surface area contributed by atoms with Gasteiger partial charge in [-0.05, 0) is 19.1 Å². The Hall–Kier alpha value is -2.86. The smallest absolute Gasteiger partial charge is 0.364 e. The molecule has 2 heterocycles. The highest BCUT2D eigenvalue weighted by molar-refractivity contribution is 5.87. The minimum absolute atomic E-state index is 0.0352. The molecule has 1 aromatic carbocycles. The number of hydroxylamine groups is 2. The van der Waals surface area contributed by atoms with E-state index in [-0.39, 0.29) is 11.6 Å². The zero-order valence-corrected chi connectivity index (χ0v) is 11.8. The number of allylic oxidation sites excluding steroid dienone is 1. The number of esters is 1. The Balaban J connectivity index is 1.76. The first-order valence-electron chi connectivity index (χ1n) is 6.70. The Morgan fingerprint density at radius 3 is 2.64 bits per heavy atom. The van der Waals surface area contributed by atoms with Crippen LogP contribution in [0.2, 0.25) is 0 Å². The Kier molecular flexibility index (Phi) is 3.76. The van der Waals surface area contributed by atoms with Crippen LogP contribution in [0.3, 0.4) is 0 Å². The molecular weight excluding hydrogens is 284 g/mol. The van der Waals surface area contributed by atoms with E-state index in [2.05, 4.69) is 4.98 Å². The van der Waals surface area contributed by atoms with Crippen molar-refractivity contribution in [3.8, 4) is 0 Å². The summed E-state index contributed by atoms with van der Waals surface area (Å²) in [4.78, 5) is 15.9. The molecule has 0 fully saturated rings. The van der Waals surface area contributed by atoms with Crippen LogP contribution in [0.15, 0.2) is 66.4 Å². The minimum Gasteiger partial charge on any atom is -0.433 e. The molecule has 2 aromatic rings. The highest BCUT2D eigenvalue weighted by atomic mass is 16.7. The Bertz CT molecular complexity index is 701. The highest BCUT2D eigenvalue weighted by Crippen LogP contribution is 2.35. The quantitative estimate of drug-likeness (QED) is 0.878. The third-order valence-corrected chi connectivity index (χ3v) is 3.22. The summed E-state index contributed by atoms with van der Waals surface area (Å²) in [5, 5.41) is 11.0. The largest absolute Gasteiger partial charge is 0.433 e. The van der Waals surface area contributed by atoms with Crippen molar-refractivity contribution >= 4 is 5.97 Å². The average molecular weight is 298 g/mol. The van der Waals surface area contributed by atoms with E-state index >= 15 is 0 Å². The number of benzene rings is 1. The average Bonchev–Trinajstić information content (AvgIpc) is 2.85. The number of nitrogens with zero attached hydrogens (tertiary/aromatic N) is 2. The second-order valence-corrected chi connectivity index (χ2v) is 4.70. The number of carbonyl (C=O) groups excluding carboxylic acids is 1. The summed E-state index contributed by atoms with van der Waals surface area (Å²) < 4.78 is 10.7. The van der Waals surface area contributed by atoms with Crippen LogP contribution in [0.5, 0.6) is 0 Å². The van der Waals surface area contributed by atoms with Gasteiger partial charge in [0.05, 0.1) is 0 Å². The second-order valence-electron chi connectivity index (χ2n) is 4.70. The van der Waals surface area contributed by atoms with Crippen molar-refractivity contribution in [2.24, 2.45) is 0 Å². The Morgan fingerprint density at radius 1 is 1.23 bits per heavy atom. The molecule has 0 saturated heterocycles. The van der Waals surface area contributed by atoms with Gasteiger partial charge in [0, 0.05) is 11.8 Å². The van der Waals surface area contributed by atoms with Crippen LogP contribution in [0.1, 0.15) is 29.2 Å². The SMILES string of the molecule is CC1=C(OC(=O)c2ccccn2)OC(c2ccccc2)N1O. The monoisotopic (exact) mass is 298 g/mol. The molecule has 0 amide bonds. The highest BCUT2D eigenvalue weighted by Gasteiger charge is 2.34. The van der Waals surface area contributed by atoms with Crippen molar-refractivity contribution in [1.82, 2.24) is 10.0 Å². The van der Waals surface area contributed by atoms with Crippen LogP contribution in [0, 0.1) is 0 Å². The molecule has 0 radical (unpaired) electrons. The maximum atomic E-state index is 12.0. The van der Waals surface area contributed by atoms with Gasteiger partial charge < -0.3 is 9.47 Å². The summed E-state index contributed by atoms with van der Waals surface area (Å²) >= 11 is 0. The van der Waals surface area contributed by atoms with Crippen molar-refractivity contribution in [2.45, 2.75) is 13.2 Å². The third kappa shape index (κ3) is 2.64. The zero-order valence-electron chi connectivity index (χ0n) is 11.8. The van der Waals surface area contributed by atoms with E-state index in [1.54, 1.807) is 25.1 Å². The maximum absolute atomic E-state index is 12.0. The van der Waals surface area contributed by atoms with E-state index in [9.17, 15) is 10.0 Å². The molecule has 1 aromatic heterocycles. The number of rotatable bonds is 3. The van der Waals surface area contributed by atoms with E-state index in [0.717, 1.165) is 10.6 Å². The van der Waals surface area contributed by atoms with Gasteiger partial charge >= 0.3 is 11.9 Å². The number of pyridine rings is 1. The van der Waals surface area contributed by atoms with Gasteiger partial charge in [0.1, 0.15) is 11.4 Å². The number of carbonyl (C=O) groups is 1. The van der Waals surface area contributed by atoms with E-state index in [1.165, 1.54) is 6.20 Å². The lowest BCUT2D eigenvalue weighted by Crippen LogP contribution is -2.18. The van der Waals surface area contributed by atoms with E-state index in [0.29, 0.717) is 5.70 Å². The lowest BCUT2D eigenvalue weighted by Gasteiger charge is -2.19. The first kappa shape index (κ1) is 14.1. The second kappa shape index (κ2) is 5.87. The molecule has 1 aliphatic rings. The molecule has 3 rings (SSSR count). The van der Waals surface area contributed by atoms with Crippen LogP contribution in [0.25, 0.3) is 0 Å². The fraction of sp³-hybridized carbons (Fsp3) is 0.125. The lowest BCUT2D eigenvalue weighted by molar-refractivity contribution is -0.157. The molecule has 0 spiro atoms. The first-order valence-corrected chi connectivity index (χ1v) is 6.70. The summed E-state index contributed by atoms with van der Waals surface area (Å²) in [5.74, 6) is -0.677. The van der Waals surface area contributed by atoms with Gasteiger partial charge in [-0.1, -0.05) is 36.4 Å². The number of ether oxygens (including phenoxy) is 2. The molecule has 112 valence electrons. The van der Waals surface area contributed by atoms with Crippen LogP contribution in [0.4, 0.5) is 0 Å². The molecule has 1 aliphatic heterocycles. The molecule has 0 saturated carbocycles. The minimum atomic E-state index is -0.743. The molecular formula is C16H14N2O4. The normalized spacial score (nSPS) is 17.4. The first-order chi connectivity index (χ1) is 10.7. The number of hydrogen-bond acceptors (Lipinski definition) is 6. The molecule has 0 bridgehead atoms. The summed E-state index contributed by atoms with van der Waals surface area (Å²) in [6, 6.07) is 14.1. The standard InChI is InChI=1S/C16H14N2O4/c1-11-16(22-15(19)13-9-5-6-10-17-13)21-14(18(11)20)12-7-3-2-4-8-12/h2-10,14,20H,1H3. The van der Waals surface area contributed by atoms with E-state index in [4.69, 9.17) is 9.47 Å². The van der Waals surface area contributed by atoms with Gasteiger partial charge in [-0.15, -0.1) is 0 Å². The fourth-order valence-corrected chi connectivity index (χ4v) is 2.05. The molecule has 22 heavy (non-hydrogen) atoms. The summed E-state index contributed by atoms with van der Waals surface area (Å²) in [6.07, 6.45) is 0.756. The van der Waals surface area contributed by atoms with E-state index < -0.39 is 12.2 Å². The molecule has 1 unspecified atom stereocenters. The number of hydrogen-bond donors (Lipinski definition) is 1. The summed E-state index contributed by atoms with van der Waals surface area (Å²) in [7, 11) is 0. The van der Waals surface area contributed by atoms with Crippen molar-refractivity contribution < 1.29 is 19.5 Å². The summed E-state index contributed by atoms with van der Waals surface area (Å²) in [5.41, 5.74) is 1.23. The van der Waals surface area contributed by atoms with Crippen molar-refractivity contribution in [2.75, 3.05) is 0 Å². The fourth-order valence-electron chi connectivity index (χ4n) is 2.05. The summed E-state index contributed by atoms with van der Waals surface area (Å²) in [6.45, 7) is 1.60. The number of aromatic nitrogens is 1. The van der Waals surface area contributed by atoms with Gasteiger partial charge in [0.25, 0.3) is 0 Å². The van der Waals surface area contributed by atoms with Crippen molar-refractivity contribution in [1.29, 1.82) is 0 Å². The van der Waals surface area contributed by atoms with E-state index in [1.807, 2.05) is 30.3 Å².